The number of aromatic hydroxyl groups is 1. The van der Waals surface area contributed by atoms with Crippen LogP contribution in [0.4, 0.5) is 0 Å². The van der Waals surface area contributed by atoms with Gasteiger partial charge in [0.05, 0.1) is 5.56 Å². The van der Waals surface area contributed by atoms with Gasteiger partial charge in [-0.15, -0.1) is 0 Å². The number of para-hydroxylation sites is 2. The number of phenols is 1. The number of H-pyrrole nitrogens is 1. The quantitative estimate of drug-likeness (QED) is 0.483. The monoisotopic (exact) mass is 375 g/mol. The molecule has 0 saturated heterocycles. The van der Waals surface area contributed by atoms with Gasteiger partial charge in [-0.2, -0.15) is 5.10 Å². The van der Waals surface area contributed by atoms with E-state index in [0.29, 0.717) is 23.8 Å². The third-order valence-electron chi connectivity index (χ3n) is 4.69. The maximum atomic E-state index is 12.3. The van der Waals surface area contributed by atoms with E-state index < -0.39 is 0 Å². The van der Waals surface area contributed by atoms with Crippen molar-refractivity contribution in [1.82, 2.24) is 25.1 Å². The molecule has 0 spiro atoms. The number of aryl methyl sites for hydroxylation is 1. The first-order chi connectivity index (χ1) is 13.6. The number of carbonyl (C=O) groups excluding carboxylic acids is 1. The number of benzene rings is 2. The molecule has 0 atom stereocenters. The van der Waals surface area contributed by atoms with Gasteiger partial charge in [0.1, 0.15) is 18.1 Å². The van der Waals surface area contributed by atoms with E-state index in [-0.39, 0.29) is 18.2 Å². The number of hydrogen-bond acceptors (Lipinski definition) is 4. The first kappa shape index (κ1) is 17.8. The van der Waals surface area contributed by atoms with E-state index in [1.807, 2.05) is 30.5 Å². The number of carbonyl (C=O) groups is 1. The first-order valence-electron chi connectivity index (χ1n) is 9.13. The van der Waals surface area contributed by atoms with Crippen LogP contribution in [0.3, 0.4) is 0 Å². The van der Waals surface area contributed by atoms with Crippen LogP contribution in [0, 0.1) is 6.92 Å². The molecule has 4 rings (SSSR count). The van der Waals surface area contributed by atoms with Crippen molar-refractivity contribution in [3.8, 4) is 17.1 Å². The van der Waals surface area contributed by atoms with Crippen LogP contribution < -0.4 is 5.32 Å². The SMILES string of the molecule is Cc1nc(-c2ccccc2O)nn1CC(=O)NCCc1c[nH]c2ccccc12. The summed E-state index contributed by atoms with van der Waals surface area (Å²) in [4.78, 5) is 19.9. The molecular weight excluding hydrogens is 354 g/mol. The average Bonchev–Trinajstić information content (AvgIpc) is 3.26. The van der Waals surface area contributed by atoms with Crippen molar-refractivity contribution in [2.75, 3.05) is 6.54 Å². The summed E-state index contributed by atoms with van der Waals surface area (Å²) in [6, 6.07) is 15.0. The lowest BCUT2D eigenvalue weighted by Gasteiger charge is -2.06. The van der Waals surface area contributed by atoms with Crippen LogP contribution in [0.15, 0.2) is 54.7 Å². The zero-order valence-corrected chi connectivity index (χ0v) is 15.5. The van der Waals surface area contributed by atoms with Gasteiger partial charge in [0, 0.05) is 23.6 Å². The zero-order valence-electron chi connectivity index (χ0n) is 15.5. The first-order valence-corrected chi connectivity index (χ1v) is 9.13. The van der Waals surface area contributed by atoms with E-state index in [1.165, 1.54) is 10.9 Å². The molecule has 0 aliphatic carbocycles. The number of nitrogens with one attached hydrogen (secondary N) is 2. The van der Waals surface area contributed by atoms with E-state index in [9.17, 15) is 9.90 Å². The summed E-state index contributed by atoms with van der Waals surface area (Å²) >= 11 is 0. The maximum Gasteiger partial charge on any atom is 0.241 e. The minimum atomic E-state index is -0.128. The van der Waals surface area contributed by atoms with E-state index in [2.05, 4.69) is 26.4 Å². The summed E-state index contributed by atoms with van der Waals surface area (Å²) < 4.78 is 1.54. The van der Waals surface area contributed by atoms with Crippen LogP contribution in [0.1, 0.15) is 11.4 Å². The van der Waals surface area contributed by atoms with Crippen molar-refractivity contribution in [2.45, 2.75) is 19.9 Å². The number of amides is 1. The molecule has 0 fully saturated rings. The van der Waals surface area contributed by atoms with Crippen LogP contribution in [0.2, 0.25) is 0 Å². The largest absolute Gasteiger partial charge is 0.507 e. The molecule has 0 aliphatic heterocycles. The number of rotatable bonds is 6. The maximum absolute atomic E-state index is 12.3. The second kappa shape index (κ2) is 7.56. The van der Waals surface area contributed by atoms with Crippen LogP contribution in [0.25, 0.3) is 22.3 Å². The molecular formula is C21H21N5O2. The number of fused-ring (bicyclic) bond motifs is 1. The van der Waals surface area contributed by atoms with Crippen LogP contribution >= 0.6 is 0 Å². The summed E-state index contributed by atoms with van der Waals surface area (Å²) in [7, 11) is 0. The standard InChI is InChI=1S/C21H21N5O2/c1-14-24-21(17-7-3-5-9-19(17)27)25-26(14)13-20(28)22-11-10-15-12-23-18-8-4-2-6-16(15)18/h2-9,12,23,27H,10-11,13H2,1H3,(H,22,28). The Labute approximate surface area is 162 Å². The highest BCUT2D eigenvalue weighted by Gasteiger charge is 2.14. The summed E-state index contributed by atoms with van der Waals surface area (Å²) in [6.07, 6.45) is 2.73. The second-order valence-corrected chi connectivity index (χ2v) is 6.62. The van der Waals surface area contributed by atoms with Gasteiger partial charge < -0.3 is 15.4 Å². The predicted molar refractivity (Wildman–Crippen MR) is 107 cm³/mol. The third-order valence-corrected chi connectivity index (χ3v) is 4.69. The zero-order chi connectivity index (χ0) is 19.5. The molecule has 3 N–H and O–H groups in total. The van der Waals surface area contributed by atoms with Crippen molar-refractivity contribution in [3.63, 3.8) is 0 Å². The summed E-state index contributed by atoms with van der Waals surface area (Å²) in [5.74, 6) is 1.01. The van der Waals surface area contributed by atoms with Gasteiger partial charge in [0.15, 0.2) is 5.82 Å². The van der Waals surface area contributed by atoms with Crippen LogP contribution in [-0.2, 0) is 17.8 Å². The van der Waals surface area contributed by atoms with E-state index in [1.54, 1.807) is 29.8 Å². The fraction of sp³-hybridized carbons (Fsp3) is 0.190. The van der Waals surface area contributed by atoms with Crippen molar-refractivity contribution in [2.24, 2.45) is 0 Å². The molecule has 7 nitrogen and oxygen atoms in total. The Kier molecular flexibility index (Phi) is 4.80. The summed E-state index contributed by atoms with van der Waals surface area (Å²) in [5, 5.41) is 18.4. The van der Waals surface area contributed by atoms with Gasteiger partial charge >= 0.3 is 0 Å². The molecule has 0 saturated carbocycles. The fourth-order valence-corrected chi connectivity index (χ4v) is 3.21. The second-order valence-electron chi connectivity index (χ2n) is 6.62. The summed E-state index contributed by atoms with van der Waals surface area (Å²) in [6.45, 7) is 2.41. The average molecular weight is 375 g/mol. The molecule has 0 aliphatic rings. The lowest BCUT2D eigenvalue weighted by Crippen LogP contribution is -2.30. The Bertz CT molecular complexity index is 1130. The Morgan fingerprint density at radius 1 is 1.18 bits per heavy atom. The summed E-state index contributed by atoms with van der Waals surface area (Å²) in [5.41, 5.74) is 2.82. The molecule has 1 amide bonds. The van der Waals surface area contributed by atoms with E-state index in [4.69, 9.17) is 0 Å². The number of phenolic OH excluding ortho intramolecular Hbond substituents is 1. The molecule has 7 heteroatoms. The van der Waals surface area contributed by atoms with Crippen LogP contribution in [0.5, 0.6) is 5.75 Å². The molecule has 0 radical (unpaired) electrons. The van der Waals surface area contributed by atoms with Gasteiger partial charge in [0.2, 0.25) is 5.91 Å². The highest BCUT2D eigenvalue weighted by molar-refractivity contribution is 5.83. The highest BCUT2D eigenvalue weighted by Crippen LogP contribution is 2.25. The lowest BCUT2D eigenvalue weighted by molar-refractivity contribution is -0.121. The minimum absolute atomic E-state index is 0.0836. The number of aromatic amines is 1. The Morgan fingerprint density at radius 2 is 1.96 bits per heavy atom. The molecule has 0 bridgehead atoms. The Morgan fingerprint density at radius 3 is 2.82 bits per heavy atom. The van der Waals surface area contributed by atoms with E-state index in [0.717, 1.165) is 11.9 Å². The Balaban J connectivity index is 1.37. The molecule has 142 valence electrons. The molecule has 28 heavy (non-hydrogen) atoms. The lowest BCUT2D eigenvalue weighted by atomic mass is 10.1. The third kappa shape index (κ3) is 3.59. The van der Waals surface area contributed by atoms with E-state index >= 15 is 0 Å². The molecule has 2 heterocycles. The molecule has 0 unspecified atom stereocenters. The topological polar surface area (TPSA) is 95.8 Å². The minimum Gasteiger partial charge on any atom is -0.507 e. The number of aromatic nitrogens is 4. The molecule has 4 aromatic rings. The molecule has 2 aromatic heterocycles. The van der Waals surface area contributed by atoms with Gasteiger partial charge in [0.25, 0.3) is 0 Å². The van der Waals surface area contributed by atoms with Crippen molar-refractivity contribution in [1.29, 1.82) is 0 Å². The van der Waals surface area contributed by atoms with Gasteiger partial charge in [-0.25, -0.2) is 9.67 Å². The van der Waals surface area contributed by atoms with Crippen molar-refractivity contribution < 1.29 is 9.90 Å². The van der Waals surface area contributed by atoms with Gasteiger partial charge in [-0.3, -0.25) is 4.79 Å². The normalized spacial score (nSPS) is 11.0. The van der Waals surface area contributed by atoms with Crippen molar-refractivity contribution >= 4 is 16.8 Å². The fourth-order valence-electron chi connectivity index (χ4n) is 3.21. The Hall–Kier alpha value is -3.61. The van der Waals surface area contributed by atoms with Crippen molar-refractivity contribution in [3.05, 3.63) is 66.1 Å². The number of nitrogens with zero attached hydrogens (tertiary/aromatic N) is 3. The van der Waals surface area contributed by atoms with Gasteiger partial charge in [-0.1, -0.05) is 30.3 Å². The molecule has 2 aromatic carbocycles. The van der Waals surface area contributed by atoms with Crippen LogP contribution in [-0.4, -0.2) is 37.3 Å². The number of hydrogen-bond donors (Lipinski definition) is 3. The predicted octanol–water partition coefficient (Wildman–Crippen LogP) is 2.80. The smallest absolute Gasteiger partial charge is 0.241 e. The highest BCUT2D eigenvalue weighted by atomic mass is 16.3. The van der Waals surface area contributed by atoms with Gasteiger partial charge in [-0.05, 0) is 37.1 Å².